The Kier molecular flexibility index (Phi) is 6.15. The van der Waals surface area contributed by atoms with Gasteiger partial charge in [-0.05, 0) is 25.0 Å². The number of nitrogens with zero attached hydrogens (tertiary/aromatic N) is 6. The van der Waals surface area contributed by atoms with E-state index in [2.05, 4.69) is 30.7 Å². The molecule has 0 aromatic carbocycles. The van der Waals surface area contributed by atoms with Crippen LogP contribution in [0.1, 0.15) is 36.5 Å². The second-order valence-electron chi connectivity index (χ2n) is 8.53. The van der Waals surface area contributed by atoms with Gasteiger partial charge in [-0.1, -0.05) is 19.9 Å². The molecule has 9 nitrogen and oxygen atoms in total. The third kappa shape index (κ3) is 4.80. The number of aromatic nitrogens is 5. The Hall–Kier alpha value is -3.70. The van der Waals surface area contributed by atoms with Gasteiger partial charge in [-0.25, -0.2) is 9.97 Å². The molecule has 0 fully saturated rings. The number of carbonyl (C=O) groups excluding carboxylic acids is 1. The summed E-state index contributed by atoms with van der Waals surface area (Å²) >= 11 is 0. The van der Waals surface area contributed by atoms with Gasteiger partial charge >= 0.3 is 6.18 Å². The Labute approximate surface area is 194 Å². The quantitative estimate of drug-likeness (QED) is 0.564. The van der Waals surface area contributed by atoms with Gasteiger partial charge in [0, 0.05) is 25.4 Å². The zero-order valence-corrected chi connectivity index (χ0v) is 19.2. The Morgan fingerprint density at radius 1 is 1.21 bits per heavy atom. The van der Waals surface area contributed by atoms with Crippen LogP contribution < -0.4 is 15.5 Å². The molecular formula is C22H25F3N8O. The van der Waals surface area contributed by atoms with Crippen molar-refractivity contribution in [2.24, 2.45) is 5.92 Å². The molecule has 12 heteroatoms. The van der Waals surface area contributed by atoms with Gasteiger partial charge in [-0.15, -0.1) is 0 Å². The maximum Gasteiger partial charge on any atom is 0.433 e. The van der Waals surface area contributed by atoms with Gasteiger partial charge in [0.2, 0.25) is 11.9 Å². The van der Waals surface area contributed by atoms with Crippen molar-refractivity contribution < 1.29 is 18.0 Å². The fourth-order valence-electron chi connectivity index (χ4n) is 3.95. The molecule has 4 heterocycles. The summed E-state index contributed by atoms with van der Waals surface area (Å²) < 4.78 is 40.2. The van der Waals surface area contributed by atoms with Crippen molar-refractivity contribution in [3.05, 3.63) is 53.2 Å². The van der Waals surface area contributed by atoms with E-state index in [1.165, 1.54) is 16.8 Å². The molecule has 0 radical (unpaired) electrons. The first-order valence-electron chi connectivity index (χ1n) is 10.7. The van der Waals surface area contributed by atoms with E-state index in [9.17, 15) is 18.0 Å². The summed E-state index contributed by atoms with van der Waals surface area (Å²) in [5, 5.41) is 10.3. The predicted molar refractivity (Wildman–Crippen MR) is 120 cm³/mol. The number of rotatable bonds is 6. The van der Waals surface area contributed by atoms with E-state index in [4.69, 9.17) is 0 Å². The number of alkyl halides is 3. The van der Waals surface area contributed by atoms with Crippen molar-refractivity contribution in [2.45, 2.75) is 46.1 Å². The highest BCUT2D eigenvalue weighted by atomic mass is 19.4. The second-order valence-corrected chi connectivity index (χ2v) is 8.53. The van der Waals surface area contributed by atoms with Crippen LogP contribution in [0.5, 0.6) is 0 Å². The van der Waals surface area contributed by atoms with Crippen molar-refractivity contribution in [2.75, 3.05) is 22.6 Å². The van der Waals surface area contributed by atoms with Gasteiger partial charge in [0.15, 0.2) is 5.82 Å². The largest absolute Gasteiger partial charge is 0.433 e. The van der Waals surface area contributed by atoms with Gasteiger partial charge in [0.1, 0.15) is 17.4 Å². The molecule has 0 saturated heterocycles. The Morgan fingerprint density at radius 2 is 1.97 bits per heavy atom. The number of hydrogen-bond donors (Lipinski definition) is 2. The molecule has 34 heavy (non-hydrogen) atoms. The SMILES string of the molecule is Cc1nc(NCc2cnn(Cc3cccc(C(F)(F)F)n3)c2)nc2c1NC(=O)[C@H](C(C)C)N2C. The fraction of sp³-hybridized carbons (Fsp3) is 0.409. The fourth-order valence-corrected chi connectivity index (χ4v) is 3.95. The molecular weight excluding hydrogens is 449 g/mol. The standard InChI is InChI=1S/C22H25F3N8O/c1-12(2)18-20(34)30-17-13(3)28-21(31-19(17)32(18)4)26-8-14-9-27-33(10-14)11-15-6-5-7-16(29-15)22(23,24)25/h5-7,9-10,12,18H,8,11H2,1-4H3,(H,30,34)(H,26,28,31)/t18-/m0/s1. The second kappa shape index (κ2) is 8.92. The molecule has 2 N–H and O–H groups in total. The molecule has 0 unspecified atom stereocenters. The van der Waals surface area contributed by atoms with Gasteiger partial charge in [0.05, 0.1) is 24.1 Å². The number of anilines is 3. The van der Waals surface area contributed by atoms with Crippen molar-refractivity contribution >= 4 is 23.4 Å². The van der Waals surface area contributed by atoms with Crippen LogP contribution in [0.3, 0.4) is 0 Å². The number of hydrogen-bond acceptors (Lipinski definition) is 7. The summed E-state index contributed by atoms with van der Waals surface area (Å²) in [6.45, 7) is 6.23. The Bertz CT molecular complexity index is 1210. The zero-order chi connectivity index (χ0) is 24.6. The van der Waals surface area contributed by atoms with Crippen molar-refractivity contribution in [1.29, 1.82) is 0 Å². The lowest BCUT2D eigenvalue weighted by molar-refractivity contribution is -0.141. The topological polar surface area (TPSA) is 101 Å². The number of fused-ring (bicyclic) bond motifs is 1. The van der Waals surface area contributed by atoms with E-state index in [-0.39, 0.29) is 30.1 Å². The normalized spacial score (nSPS) is 15.9. The van der Waals surface area contributed by atoms with Gasteiger partial charge in [-0.2, -0.15) is 23.3 Å². The average Bonchev–Trinajstić information content (AvgIpc) is 3.20. The van der Waals surface area contributed by atoms with Crippen LogP contribution >= 0.6 is 0 Å². The smallest absolute Gasteiger partial charge is 0.350 e. The first-order valence-corrected chi connectivity index (χ1v) is 10.7. The van der Waals surface area contributed by atoms with E-state index >= 15 is 0 Å². The number of likely N-dealkylation sites (N-methyl/N-ethyl adjacent to an activating group) is 1. The molecule has 3 aromatic rings. The molecule has 180 valence electrons. The summed E-state index contributed by atoms with van der Waals surface area (Å²) in [6.07, 6.45) is -1.15. The van der Waals surface area contributed by atoms with Crippen LogP contribution in [-0.4, -0.2) is 43.7 Å². The summed E-state index contributed by atoms with van der Waals surface area (Å²) in [7, 11) is 1.84. The molecule has 3 aromatic heterocycles. The van der Waals surface area contributed by atoms with Crippen molar-refractivity contribution in [1.82, 2.24) is 24.7 Å². The lowest BCUT2D eigenvalue weighted by Gasteiger charge is -2.36. The molecule has 1 atom stereocenters. The highest BCUT2D eigenvalue weighted by Gasteiger charge is 2.35. The van der Waals surface area contributed by atoms with Crippen molar-refractivity contribution in [3.63, 3.8) is 0 Å². The van der Waals surface area contributed by atoms with E-state index in [0.717, 1.165) is 11.6 Å². The van der Waals surface area contributed by atoms with Gasteiger partial charge in [0.25, 0.3) is 0 Å². The molecule has 1 amide bonds. The summed E-state index contributed by atoms with van der Waals surface area (Å²) in [5.74, 6) is 1.05. The highest BCUT2D eigenvalue weighted by molar-refractivity contribution is 6.03. The van der Waals surface area contributed by atoms with Crippen LogP contribution in [0.4, 0.5) is 30.6 Å². The predicted octanol–water partition coefficient (Wildman–Crippen LogP) is 3.47. The maximum atomic E-state index is 12.9. The molecule has 0 bridgehead atoms. The molecule has 1 aliphatic heterocycles. The monoisotopic (exact) mass is 474 g/mol. The molecule has 1 aliphatic rings. The van der Waals surface area contributed by atoms with Crippen LogP contribution in [0.2, 0.25) is 0 Å². The van der Waals surface area contributed by atoms with Crippen molar-refractivity contribution in [3.8, 4) is 0 Å². The van der Waals surface area contributed by atoms with E-state index in [0.29, 0.717) is 29.7 Å². The minimum atomic E-state index is -4.49. The summed E-state index contributed by atoms with van der Waals surface area (Å²) in [4.78, 5) is 27.0. The van der Waals surface area contributed by atoms with E-state index in [1.807, 2.05) is 25.8 Å². The highest BCUT2D eigenvalue weighted by Crippen LogP contribution is 2.34. The Morgan fingerprint density at radius 3 is 2.68 bits per heavy atom. The number of nitrogens with one attached hydrogen (secondary N) is 2. The average molecular weight is 474 g/mol. The number of halogens is 3. The number of pyridine rings is 1. The minimum absolute atomic E-state index is 0.0833. The van der Waals surface area contributed by atoms with Crippen LogP contribution in [-0.2, 0) is 24.1 Å². The summed E-state index contributed by atoms with van der Waals surface area (Å²) in [6, 6.07) is 3.46. The van der Waals surface area contributed by atoms with Crippen LogP contribution in [0, 0.1) is 12.8 Å². The first kappa shape index (κ1) is 23.5. The van der Waals surface area contributed by atoms with Crippen LogP contribution in [0.15, 0.2) is 30.6 Å². The third-order valence-corrected chi connectivity index (χ3v) is 5.53. The minimum Gasteiger partial charge on any atom is -0.350 e. The molecule has 0 aliphatic carbocycles. The van der Waals surface area contributed by atoms with E-state index in [1.54, 1.807) is 19.3 Å². The number of amides is 1. The first-order chi connectivity index (χ1) is 16.0. The third-order valence-electron chi connectivity index (χ3n) is 5.53. The summed E-state index contributed by atoms with van der Waals surface area (Å²) in [5.41, 5.74) is 1.36. The maximum absolute atomic E-state index is 12.9. The Balaban J connectivity index is 1.45. The lowest BCUT2D eigenvalue weighted by atomic mass is 9.99. The zero-order valence-electron chi connectivity index (χ0n) is 19.2. The molecule has 4 rings (SSSR count). The van der Waals surface area contributed by atoms with Crippen LogP contribution in [0.25, 0.3) is 0 Å². The molecule has 0 saturated carbocycles. The number of carbonyl (C=O) groups is 1. The van der Waals surface area contributed by atoms with Gasteiger partial charge < -0.3 is 15.5 Å². The number of aryl methyl sites for hydroxylation is 1. The van der Waals surface area contributed by atoms with Gasteiger partial charge in [-0.3, -0.25) is 9.48 Å². The van der Waals surface area contributed by atoms with E-state index < -0.39 is 11.9 Å². The lowest BCUT2D eigenvalue weighted by Crippen LogP contribution is -2.49. The molecule has 0 spiro atoms.